The number of rotatable bonds is 6. The van der Waals surface area contributed by atoms with Crippen LogP contribution in [0.5, 0.6) is 0 Å². The van der Waals surface area contributed by atoms with E-state index in [4.69, 9.17) is 11.1 Å². The molecule has 0 saturated carbocycles. The summed E-state index contributed by atoms with van der Waals surface area (Å²) in [4.78, 5) is 0. The average molecular weight is 222 g/mol. The van der Waals surface area contributed by atoms with Gasteiger partial charge in [-0.1, -0.05) is 13.3 Å². The van der Waals surface area contributed by atoms with Gasteiger partial charge in [0.1, 0.15) is 5.84 Å². The summed E-state index contributed by atoms with van der Waals surface area (Å²) in [6.45, 7) is 1.90. The van der Waals surface area contributed by atoms with Crippen LogP contribution in [0.4, 0.5) is 0 Å². The van der Waals surface area contributed by atoms with Crippen LogP contribution < -0.4 is 10.5 Å². The van der Waals surface area contributed by atoms with Crippen LogP contribution in [0.2, 0.25) is 0 Å². The van der Waals surface area contributed by atoms with E-state index in [1.165, 1.54) is 14.1 Å². The van der Waals surface area contributed by atoms with Gasteiger partial charge < -0.3 is 5.73 Å². The van der Waals surface area contributed by atoms with Crippen LogP contribution in [0.1, 0.15) is 19.8 Å². The zero-order chi connectivity index (χ0) is 11.4. The molecule has 0 aromatic carbocycles. The summed E-state index contributed by atoms with van der Waals surface area (Å²) in [5.74, 6) is -0.155. The van der Waals surface area contributed by atoms with E-state index in [1.807, 2.05) is 6.92 Å². The maximum absolute atomic E-state index is 11.4. The summed E-state index contributed by atoms with van der Waals surface area (Å²) in [5, 5.41) is 7.21. The molecule has 0 heterocycles. The van der Waals surface area contributed by atoms with Gasteiger partial charge >= 0.3 is 0 Å². The van der Waals surface area contributed by atoms with E-state index in [2.05, 4.69) is 4.72 Å². The number of amidine groups is 1. The van der Waals surface area contributed by atoms with Crippen molar-refractivity contribution in [3.05, 3.63) is 0 Å². The van der Waals surface area contributed by atoms with Gasteiger partial charge in [0.15, 0.2) is 0 Å². The van der Waals surface area contributed by atoms with E-state index < -0.39 is 16.3 Å². The molecule has 4 N–H and O–H groups in total. The lowest BCUT2D eigenvalue weighted by molar-refractivity contribution is 0.495. The highest BCUT2D eigenvalue weighted by atomic mass is 32.2. The van der Waals surface area contributed by atoms with Crippen molar-refractivity contribution in [1.82, 2.24) is 9.03 Å². The fraction of sp³-hybridized carbons (Fsp3) is 0.857. The average Bonchev–Trinajstić information content (AvgIpc) is 2.02. The predicted molar refractivity (Wildman–Crippen MR) is 56.4 cm³/mol. The molecule has 6 nitrogen and oxygen atoms in total. The van der Waals surface area contributed by atoms with Crippen molar-refractivity contribution in [2.24, 2.45) is 5.73 Å². The van der Waals surface area contributed by atoms with Gasteiger partial charge in [-0.25, -0.2) is 0 Å². The minimum atomic E-state index is -3.50. The minimum absolute atomic E-state index is 0.155. The number of nitrogens with two attached hydrogens (primary N) is 1. The van der Waals surface area contributed by atoms with Crippen LogP contribution >= 0.6 is 0 Å². The Balaban J connectivity index is 4.53. The molecule has 1 unspecified atom stereocenters. The van der Waals surface area contributed by atoms with Gasteiger partial charge in [0.2, 0.25) is 0 Å². The van der Waals surface area contributed by atoms with Gasteiger partial charge in [0.25, 0.3) is 10.2 Å². The molecule has 0 amide bonds. The van der Waals surface area contributed by atoms with Crippen LogP contribution in [0.3, 0.4) is 0 Å². The summed E-state index contributed by atoms with van der Waals surface area (Å²) in [6, 6.07) is -0.604. The number of hydrogen-bond acceptors (Lipinski definition) is 3. The van der Waals surface area contributed by atoms with Crippen molar-refractivity contribution in [1.29, 1.82) is 5.41 Å². The number of hydrogen-bond donors (Lipinski definition) is 3. The third kappa shape index (κ3) is 4.03. The SMILES string of the molecule is CCCC(NS(=O)(=O)N(C)C)C(=N)N. The lowest BCUT2D eigenvalue weighted by Gasteiger charge is -2.19. The van der Waals surface area contributed by atoms with Crippen molar-refractivity contribution < 1.29 is 8.42 Å². The molecule has 0 radical (unpaired) electrons. The van der Waals surface area contributed by atoms with Crippen molar-refractivity contribution >= 4 is 16.0 Å². The summed E-state index contributed by atoms with van der Waals surface area (Å²) in [6.07, 6.45) is 1.29. The molecule has 0 bridgehead atoms. The molecular formula is C7H18N4O2S. The van der Waals surface area contributed by atoms with Crippen molar-refractivity contribution in [3.8, 4) is 0 Å². The van der Waals surface area contributed by atoms with E-state index in [-0.39, 0.29) is 5.84 Å². The zero-order valence-electron chi connectivity index (χ0n) is 8.74. The second kappa shape index (κ2) is 5.28. The fourth-order valence-electron chi connectivity index (χ4n) is 0.852. The third-order valence-electron chi connectivity index (χ3n) is 1.72. The van der Waals surface area contributed by atoms with Crippen LogP contribution in [-0.4, -0.2) is 38.7 Å². The summed E-state index contributed by atoms with van der Waals surface area (Å²) < 4.78 is 26.2. The monoisotopic (exact) mass is 222 g/mol. The number of nitrogens with one attached hydrogen (secondary N) is 2. The van der Waals surface area contributed by atoms with Gasteiger partial charge in [-0.15, -0.1) is 0 Å². The molecule has 0 saturated heterocycles. The fourth-order valence-corrected chi connectivity index (χ4v) is 1.67. The first-order valence-corrected chi connectivity index (χ1v) is 5.79. The Hall–Kier alpha value is -0.660. The molecule has 84 valence electrons. The van der Waals surface area contributed by atoms with Crippen LogP contribution in [-0.2, 0) is 10.2 Å². The van der Waals surface area contributed by atoms with Gasteiger partial charge in [0.05, 0.1) is 6.04 Å². The molecular weight excluding hydrogens is 204 g/mol. The molecule has 0 aliphatic heterocycles. The van der Waals surface area contributed by atoms with Gasteiger partial charge in [-0.3, -0.25) is 5.41 Å². The number of nitrogens with zero attached hydrogens (tertiary/aromatic N) is 1. The van der Waals surface area contributed by atoms with E-state index >= 15 is 0 Å². The highest BCUT2D eigenvalue weighted by Crippen LogP contribution is 2.00. The molecule has 14 heavy (non-hydrogen) atoms. The summed E-state index contributed by atoms with van der Waals surface area (Å²) >= 11 is 0. The molecule has 0 rings (SSSR count). The lowest BCUT2D eigenvalue weighted by atomic mass is 10.2. The molecule has 0 aliphatic carbocycles. The quantitative estimate of drug-likeness (QED) is 0.417. The summed E-state index contributed by atoms with van der Waals surface area (Å²) in [5.41, 5.74) is 5.27. The Morgan fingerprint density at radius 2 is 2.07 bits per heavy atom. The third-order valence-corrected chi connectivity index (χ3v) is 3.27. The second-order valence-corrected chi connectivity index (χ2v) is 5.12. The van der Waals surface area contributed by atoms with Crippen molar-refractivity contribution in [2.45, 2.75) is 25.8 Å². The van der Waals surface area contributed by atoms with Crippen LogP contribution in [0.25, 0.3) is 0 Å². The van der Waals surface area contributed by atoms with Gasteiger partial charge in [-0.2, -0.15) is 17.4 Å². The van der Waals surface area contributed by atoms with Gasteiger partial charge in [-0.05, 0) is 6.42 Å². The van der Waals surface area contributed by atoms with Crippen molar-refractivity contribution in [3.63, 3.8) is 0 Å². The van der Waals surface area contributed by atoms with E-state index in [1.54, 1.807) is 0 Å². The Morgan fingerprint density at radius 3 is 2.36 bits per heavy atom. The standard InChI is InChI=1S/C7H18N4O2S/c1-4-5-6(7(8)9)10-14(12,13)11(2)3/h6,10H,4-5H2,1-3H3,(H3,8,9). The zero-order valence-corrected chi connectivity index (χ0v) is 9.56. The first-order valence-electron chi connectivity index (χ1n) is 4.35. The smallest absolute Gasteiger partial charge is 0.279 e. The molecule has 0 fully saturated rings. The topological polar surface area (TPSA) is 99.3 Å². The second-order valence-electron chi connectivity index (χ2n) is 3.20. The predicted octanol–water partition coefficient (Wildman–Crippen LogP) is -0.513. The first kappa shape index (κ1) is 13.3. The van der Waals surface area contributed by atoms with Crippen LogP contribution in [0.15, 0.2) is 0 Å². The summed E-state index contributed by atoms with van der Waals surface area (Å²) in [7, 11) is -0.658. The van der Waals surface area contributed by atoms with Crippen LogP contribution in [0, 0.1) is 5.41 Å². The molecule has 7 heteroatoms. The Labute approximate surface area is 85.2 Å². The minimum Gasteiger partial charge on any atom is -0.386 e. The molecule has 0 aromatic rings. The van der Waals surface area contributed by atoms with Gasteiger partial charge in [0, 0.05) is 14.1 Å². The Bertz CT molecular complexity index is 286. The maximum atomic E-state index is 11.4. The van der Waals surface area contributed by atoms with E-state index in [9.17, 15) is 8.42 Å². The highest BCUT2D eigenvalue weighted by Gasteiger charge is 2.20. The normalized spacial score (nSPS) is 14.3. The maximum Gasteiger partial charge on any atom is 0.279 e. The lowest BCUT2D eigenvalue weighted by Crippen LogP contribution is -2.48. The first-order chi connectivity index (χ1) is 6.31. The van der Waals surface area contributed by atoms with E-state index in [0.717, 1.165) is 10.7 Å². The van der Waals surface area contributed by atoms with Crippen molar-refractivity contribution in [2.75, 3.05) is 14.1 Å². The molecule has 1 atom stereocenters. The van der Waals surface area contributed by atoms with E-state index in [0.29, 0.717) is 6.42 Å². The Kier molecular flexibility index (Phi) is 5.03. The Morgan fingerprint density at radius 1 is 1.57 bits per heavy atom. The molecule has 0 aliphatic rings. The highest BCUT2D eigenvalue weighted by molar-refractivity contribution is 7.87. The molecule has 0 aromatic heterocycles. The molecule has 0 spiro atoms. The largest absolute Gasteiger partial charge is 0.386 e.